The standard InChI is InChI=1S/C13H15N3O2S2/c1-8-10(14)3-2-4-12(8)20(17,18)16-13-15-11(7-19-13)9-5-6-9/h2-4,7,9H,5-6,14H2,1H3,(H,15,16). The second-order valence-electron chi connectivity index (χ2n) is 4.93. The summed E-state index contributed by atoms with van der Waals surface area (Å²) in [6.07, 6.45) is 2.29. The number of nitrogens with one attached hydrogen (secondary N) is 1. The molecule has 0 saturated heterocycles. The van der Waals surface area contributed by atoms with E-state index in [1.54, 1.807) is 25.1 Å². The van der Waals surface area contributed by atoms with E-state index in [9.17, 15) is 8.42 Å². The van der Waals surface area contributed by atoms with Crippen molar-refractivity contribution in [1.29, 1.82) is 0 Å². The van der Waals surface area contributed by atoms with Crippen molar-refractivity contribution in [2.75, 3.05) is 10.5 Å². The molecule has 1 aliphatic rings. The highest BCUT2D eigenvalue weighted by atomic mass is 32.2. The molecule has 0 radical (unpaired) electrons. The maximum Gasteiger partial charge on any atom is 0.264 e. The third-order valence-electron chi connectivity index (χ3n) is 3.35. The smallest absolute Gasteiger partial charge is 0.264 e. The lowest BCUT2D eigenvalue weighted by molar-refractivity contribution is 0.600. The second-order valence-corrected chi connectivity index (χ2v) is 7.44. The average Bonchev–Trinajstić information content (AvgIpc) is 3.14. The minimum Gasteiger partial charge on any atom is -0.398 e. The summed E-state index contributed by atoms with van der Waals surface area (Å²) in [7, 11) is -3.64. The van der Waals surface area contributed by atoms with Crippen LogP contribution in [0.4, 0.5) is 10.8 Å². The van der Waals surface area contributed by atoms with E-state index in [1.165, 1.54) is 11.3 Å². The molecule has 0 aliphatic heterocycles. The van der Waals surface area contributed by atoms with Crippen molar-refractivity contribution in [2.24, 2.45) is 0 Å². The van der Waals surface area contributed by atoms with E-state index in [4.69, 9.17) is 5.73 Å². The minimum atomic E-state index is -3.64. The summed E-state index contributed by atoms with van der Waals surface area (Å²) in [6, 6.07) is 4.86. The van der Waals surface area contributed by atoms with Crippen molar-refractivity contribution in [2.45, 2.75) is 30.6 Å². The zero-order chi connectivity index (χ0) is 14.3. The normalized spacial score (nSPS) is 15.2. The van der Waals surface area contributed by atoms with Gasteiger partial charge in [-0.15, -0.1) is 11.3 Å². The van der Waals surface area contributed by atoms with Crippen LogP contribution in [-0.4, -0.2) is 13.4 Å². The molecule has 0 bridgehead atoms. The summed E-state index contributed by atoms with van der Waals surface area (Å²) >= 11 is 1.32. The Labute approximate surface area is 121 Å². The highest BCUT2D eigenvalue weighted by molar-refractivity contribution is 7.93. The van der Waals surface area contributed by atoms with Crippen molar-refractivity contribution < 1.29 is 8.42 Å². The molecule has 3 rings (SSSR count). The van der Waals surface area contributed by atoms with Gasteiger partial charge in [0.2, 0.25) is 0 Å². The Morgan fingerprint density at radius 3 is 2.85 bits per heavy atom. The molecule has 1 aromatic carbocycles. The van der Waals surface area contributed by atoms with E-state index in [0.29, 0.717) is 22.3 Å². The number of hydrogen-bond acceptors (Lipinski definition) is 5. The van der Waals surface area contributed by atoms with E-state index in [-0.39, 0.29) is 4.90 Å². The number of nitrogens with zero attached hydrogens (tertiary/aromatic N) is 1. The van der Waals surface area contributed by atoms with E-state index in [0.717, 1.165) is 18.5 Å². The van der Waals surface area contributed by atoms with Gasteiger partial charge in [-0.25, -0.2) is 13.4 Å². The number of thiazole rings is 1. The molecule has 2 aromatic rings. The highest BCUT2D eigenvalue weighted by Gasteiger charge is 2.27. The molecule has 106 valence electrons. The first-order valence-electron chi connectivity index (χ1n) is 6.31. The van der Waals surface area contributed by atoms with Crippen LogP contribution in [0.25, 0.3) is 0 Å². The van der Waals surface area contributed by atoms with Crippen LogP contribution in [0, 0.1) is 6.92 Å². The summed E-state index contributed by atoms with van der Waals surface area (Å²) < 4.78 is 27.3. The molecule has 0 atom stereocenters. The average molecular weight is 309 g/mol. The quantitative estimate of drug-likeness (QED) is 0.850. The van der Waals surface area contributed by atoms with Gasteiger partial charge >= 0.3 is 0 Å². The van der Waals surface area contributed by atoms with Gasteiger partial charge in [-0.3, -0.25) is 4.72 Å². The predicted molar refractivity (Wildman–Crippen MR) is 80.5 cm³/mol. The van der Waals surface area contributed by atoms with Crippen molar-refractivity contribution in [3.8, 4) is 0 Å². The zero-order valence-corrected chi connectivity index (χ0v) is 12.6. The summed E-state index contributed by atoms with van der Waals surface area (Å²) in [5.41, 5.74) is 7.76. The Kier molecular flexibility index (Phi) is 3.18. The number of rotatable bonds is 4. The van der Waals surface area contributed by atoms with Crippen LogP contribution in [0.5, 0.6) is 0 Å². The fraction of sp³-hybridized carbons (Fsp3) is 0.308. The SMILES string of the molecule is Cc1c(N)cccc1S(=O)(=O)Nc1nc(C2CC2)cs1. The molecule has 0 amide bonds. The number of nitrogen functional groups attached to an aromatic ring is 1. The Morgan fingerprint density at radius 2 is 2.15 bits per heavy atom. The van der Waals surface area contributed by atoms with Gasteiger partial charge in [-0.1, -0.05) is 6.07 Å². The van der Waals surface area contributed by atoms with Crippen molar-refractivity contribution >= 4 is 32.2 Å². The molecule has 1 saturated carbocycles. The highest BCUT2D eigenvalue weighted by Crippen LogP contribution is 2.41. The molecule has 1 fully saturated rings. The molecule has 1 aliphatic carbocycles. The molecule has 20 heavy (non-hydrogen) atoms. The van der Waals surface area contributed by atoms with Crippen molar-refractivity contribution in [3.05, 3.63) is 34.8 Å². The Morgan fingerprint density at radius 1 is 1.40 bits per heavy atom. The minimum absolute atomic E-state index is 0.195. The van der Waals surface area contributed by atoms with Crippen LogP contribution in [0.15, 0.2) is 28.5 Å². The number of hydrogen-bond donors (Lipinski definition) is 2. The Balaban J connectivity index is 1.89. The molecule has 0 spiro atoms. The molecule has 1 heterocycles. The van der Waals surface area contributed by atoms with Crippen LogP contribution in [0.3, 0.4) is 0 Å². The van der Waals surface area contributed by atoms with Gasteiger partial charge in [0, 0.05) is 17.0 Å². The molecule has 0 unspecified atom stereocenters. The lowest BCUT2D eigenvalue weighted by Gasteiger charge is -2.09. The van der Waals surface area contributed by atoms with Gasteiger partial charge in [0.25, 0.3) is 10.0 Å². The van der Waals surface area contributed by atoms with Crippen LogP contribution in [0.2, 0.25) is 0 Å². The van der Waals surface area contributed by atoms with Gasteiger partial charge in [-0.2, -0.15) is 0 Å². The Hall–Kier alpha value is -1.60. The first-order chi connectivity index (χ1) is 9.47. The first kappa shape index (κ1) is 13.4. The number of sulfonamides is 1. The molecular formula is C13H15N3O2S2. The number of nitrogens with two attached hydrogens (primary N) is 1. The summed E-state index contributed by atoms with van der Waals surface area (Å²) in [5, 5.41) is 2.33. The van der Waals surface area contributed by atoms with E-state index >= 15 is 0 Å². The Bertz CT molecular complexity index is 749. The van der Waals surface area contributed by atoms with Crippen LogP contribution < -0.4 is 10.5 Å². The third-order valence-corrected chi connectivity index (χ3v) is 5.74. The van der Waals surface area contributed by atoms with Gasteiger partial charge in [-0.05, 0) is 37.5 Å². The van der Waals surface area contributed by atoms with E-state index in [2.05, 4.69) is 9.71 Å². The van der Waals surface area contributed by atoms with Crippen LogP contribution >= 0.6 is 11.3 Å². The summed E-state index contributed by atoms with van der Waals surface area (Å²) in [5.74, 6) is 0.513. The summed E-state index contributed by atoms with van der Waals surface area (Å²) in [4.78, 5) is 4.53. The van der Waals surface area contributed by atoms with Gasteiger partial charge < -0.3 is 5.73 Å². The monoisotopic (exact) mass is 309 g/mol. The van der Waals surface area contributed by atoms with Gasteiger partial charge in [0.15, 0.2) is 5.13 Å². The van der Waals surface area contributed by atoms with Crippen LogP contribution in [0.1, 0.15) is 30.0 Å². The maximum atomic E-state index is 12.4. The van der Waals surface area contributed by atoms with E-state index in [1.807, 2.05) is 5.38 Å². The lowest BCUT2D eigenvalue weighted by Crippen LogP contribution is -2.14. The van der Waals surface area contributed by atoms with Crippen molar-refractivity contribution in [1.82, 2.24) is 4.98 Å². The summed E-state index contributed by atoms with van der Waals surface area (Å²) in [6.45, 7) is 1.70. The van der Waals surface area contributed by atoms with E-state index < -0.39 is 10.0 Å². The molecule has 1 aromatic heterocycles. The molecule has 5 nitrogen and oxygen atoms in total. The first-order valence-corrected chi connectivity index (χ1v) is 8.67. The number of anilines is 2. The zero-order valence-electron chi connectivity index (χ0n) is 11.0. The second kappa shape index (κ2) is 4.75. The molecule has 7 heteroatoms. The lowest BCUT2D eigenvalue weighted by atomic mass is 10.2. The molecule has 3 N–H and O–H groups in total. The number of benzene rings is 1. The fourth-order valence-corrected chi connectivity index (χ4v) is 4.31. The van der Waals surface area contributed by atoms with Crippen LogP contribution in [-0.2, 0) is 10.0 Å². The predicted octanol–water partition coefficient (Wildman–Crippen LogP) is 2.71. The van der Waals surface area contributed by atoms with Gasteiger partial charge in [0.05, 0.1) is 10.6 Å². The van der Waals surface area contributed by atoms with Crippen molar-refractivity contribution in [3.63, 3.8) is 0 Å². The molecular weight excluding hydrogens is 294 g/mol. The topological polar surface area (TPSA) is 85.1 Å². The van der Waals surface area contributed by atoms with Gasteiger partial charge in [0.1, 0.15) is 0 Å². The maximum absolute atomic E-state index is 12.4. The third kappa shape index (κ3) is 2.51. The largest absolute Gasteiger partial charge is 0.398 e. The number of aromatic nitrogens is 1. The fourth-order valence-electron chi connectivity index (χ4n) is 1.99.